The van der Waals surface area contributed by atoms with Gasteiger partial charge in [-0.15, -0.1) is 0 Å². The van der Waals surface area contributed by atoms with Crippen LogP contribution in [0.3, 0.4) is 0 Å². The molecule has 0 bridgehead atoms. The molecule has 2 atom stereocenters. The van der Waals surface area contributed by atoms with Gasteiger partial charge in [-0.1, -0.05) is 32.6 Å². The number of rotatable bonds is 6. The molecule has 1 fully saturated rings. The molecule has 2 unspecified atom stereocenters. The first-order valence-corrected chi connectivity index (χ1v) is 7.76. The average Bonchev–Trinajstić information content (AvgIpc) is 2.45. The van der Waals surface area contributed by atoms with E-state index < -0.39 is 0 Å². The van der Waals surface area contributed by atoms with Gasteiger partial charge >= 0.3 is 0 Å². The highest BCUT2D eigenvalue weighted by atomic mass is 32.2. The van der Waals surface area contributed by atoms with E-state index in [1.807, 2.05) is 0 Å². The Bertz CT molecular complexity index is 149. The molecule has 1 aliphatic carbocycles. The topological polar surface area (TPSA) is 12.0 Å². The van der Waals surface area contributed by atoms with Crippen LogP contribution < -0.4 is 5.32 Å². The minimum Gasteiger partial charge on any atom is -0.319 e. The molecule has 0 aromatic rings. The molecular weight excluding hydrogens is 202 g/mol. The van der Waals surface area contributed by atoms with E-state index in [-0.39, 0.29) is 0 Å². The van der Waals surface area contributed by atoms with Crippen molar-refractivity contribution in [2.45, 2.75) is 45.4 Å². The predicted molar refractivity (Wildman–Crippen MR) is 71.6 cm³/mol. The zero-order valence-corrected chi connectivity index (χ0v) is 11.2. The summed E-state index contributed by atoms with van der Waals surface area (Å²) in [7, 11) is 2.10. The van der Waals surface area contributed by atoms with Crippen molar-refractivity contribution in [3.8, 4) is 0 Å². The van der Waals surface area contributed by atoms with Gasteiger partial charge in [0.25, 0.3) is 0 Å². The van der Waals surface area contributed by atoms with Gasteiger partial charge in [-0.25, -0.2) is 0 Å². The van der Waals surface area contributed by atoms with Crippen LogP contribution in [0.2, 0.25) is 0 Å². The molecule has 0 amide bonds. The molecule has 15 heavy (non-hydrogen) atoms. The van der Waals surface area contributed by atoms with Gasteiger partial charge in [-0.2, -0.15) is 11.8 Å². The van der Waals surface area contributed by atoms with Crippen LogP contribution in [0.4, 0.5) is 0 Å². The molecular formula is C13H27NS. The monoisotopic (exact) mass is 229 g/mol. The lowest BCUT2D eigenvalue weighted by molar-refractivity contribution is 0.299. The standard InChI is InChI=1S/C13H27NS/c1-3-15-10-9-12-7-5-4-6-8-13(12)11-14-2/h12-14H,3-11H2,1-2H3. The molecule has 0 saturated heterocycles. The van der Waals surface area contributed by atoms with Crippen molar-refractivity contribution in [1.29, 1.82) is 0 Å². The van der Waals surface area contributed by atoms with Crippen molar-refractivity contribution in [1.82, 2.24) is 5.32 Å². The Labute approximate surface area is 99.8 Å². The second-order valence-electron chi connectivity index (χ2n) is 4.70. The molecule has 0 radical (unpaired) electrons. The lowest BCUT2D eigenvalue weighted by atomic mass is 9.86. The van der Waals surface area contributed by atoms with Gasteiger partial charge in [0.05, 0.1) is 0 Å². The zero-order chi connectivity index (χ0) is 10.9. The lowest BCUT2D eigenvalue weighted by Crippen LogP contribution is -2.25. The smallest absolute Gasteiger partial charge is 0.00209 e. The van der Waals surface area contributed by atoms with Gasteiger partial charge < -0.3 is 5.32 Å². The van der Waals surface area contributed by atoms with Gasteiger partial charge in [-0.05, 0) is 49.8 Å². The van der Waals surface area contributed by atoms with E-state index >= 15 is 0 Å². The quantitative estimate of drug-likeness (QED) is 0.552. The second kappa shape index (κ2) is 8.46. The molecule has 0 aromatic carbocycles. The van der Waals surface area contributed by atoms with E-state index in [9.17, 15) is 0 Å². The largest absolute Gasteiger partial charge is 0.319 e. The summed E-state index contributed by atoms with van der Waals surface area (Å²) in [6.45, 7) is 3.50. The van der Waals surface area contributed by atoms with E-state index in [1.54, 1.807) is 0 Å². The Balaban J connectivity index is 2.32. The van der Waals surface area contributed by atoms with Gasteiger partial charge in [0.1, 0.15) is 0 Å². The predicted octanol–water partition coefficient (Wildman–Crippen LogP) is 3.55. The lowest BCUT2D eigenvalue weighted by Gasteiger charge is -2.24. The van der Waals surface area contributed by atoms with Crippen molar-refractivity contribution >= 4 is 11.8 Å². The first-order chi connectivity index (χ1) is 7.38. The summed E-state index contributed by atoms with van der Waals surface area (Å²) >= 11 is 2.11. The van der Waals surface area contributed by atoms with Crippen LogP contribution in [0.1, 0.15) is 45.4 Å². The zero-order valence-electron chi connectivity index (χ0n) is 10.4. The van der Waals surface area contributed by atoms with Crippen LogP contribution in [0.25, 0.3) is 0 Å². The molecule has 0 spiro atoms. The third-order valence-electron chi connectivity index (χ3n) is 3.62. The summed E-state index contributed by atoms with van der Waals surface area (Å²) in [4.78, 5) is 0. The molecule has 0 aliphatic heterocycles. The van der Waals surface area contributed by atoms with Crippen LogP contribution in [0.5, 0.6) is 0 Å². The Hall–Kier alpha value is 0.310. The number of hydrogen-bond acceptors (Lipinski definition) is 2. The van der Waals surface area contributed by atoms with Crippen molar-refractivity contribution in [2.75, 3.05) is 25.1 Å². The molecule has 1 aliphatic rings. The highest BCUT2D eigenvalue weighted by Gasteiger charge is 2.22. The second-order valence-corrected chi connectivity index (χ2v) is 6.10. The first kappa shape index (κ1) is 13.4. The molecule has 90 valence electrons. The Morgan fingerprint density at radius 1 is 1.13 bits per heavy atom. The van der Waals surface area contributed by atoms with Crippen LogP contribution in [-0.4, -0.2) is 25.1 Å². The van der Waals surface area contributed by atoms with Crippen molar-refractivity contribution in [3.63, 3.8) is 0 Å². The fraction of sp³-hybridized carbons (Fsp3) is 1.00. The summed E-state index contributed by atoms with van der Waals surface area (Å²) in [6.07, 6.45) is 8.80. The molecule has 1 rings (SSSR count). The van der Waals surface area contributed by atoms with E-state index in [4.69, 9.17) is 0 Å². The highest BCUT2D eigenvalue weighted by Crippen LogP contribution is 2.31. The number of thioether (sulfide) groups is 1. The third kappa shape index (κ3) is 5.26. The van der Waals surface area contributed by atoms with Gasteiger partial charge in [0.15, 0.2) is 0 Å². The maximum Gasteiger partial charge on any atom is -0.00209 e. The van der Waals surface area contributed by atoms with Crippen molar-refractivity contribution < 1.29 is 0 Å². The summed E-state index contributed by atoms with van der Waals surface area (Å²) < 4.78 is 0. The molecule has 1 N–H and O–H groups in total. The van der Waals surface area contributed by atoms with Crippen LogP contribution in [0.15, 0.2) is 0 Å². The Kier molecular flexibility index (Phi) is 7.54. The maximum absolute atomic E-state index is 3.38. The SMILES string of the molecule is CCSCCC1CCCCCC1CNC. The van der Waals surface area contributed by atoms with E-state index in [2.05, 4.69) is 31.1 Å². The summed E-state index contributed by atoms with van der Waals surface area (Å²) in [5.41, 5.74) is 0. The number of hydrogen-bond donors (Lipinski definition) is 1. The minimum absolute atomic E-state index is 0.954. The van der Waals surface area contributed by atoms with Crippen LogP contribution in [0, 0.1) is 11.8 Å². The summed E-state index contributed by atoms with van der Waals surface area (Å²) in [5, 5.41) is 3.38. The molecule has 1 saturated carbocycles. The molecule has 1 nitrogen and oxygen atoms in total. The fourth-order valence-electron chi connectivity index (χ4n) is 2.75. The number of nitrogens with one attached hydrogen (secondary N) is 1. The Morgan fingerprint density at radius 2 is 1.87 bits per heavy atom. The molecule has 0 aromatic heterocycles. The molecule has 0 heterocycles. The van der Waals surface area contributed by atoms with Gasteiger partial charge in [-0.3, -0.25) is 0 Å². The average molecular weight is 229 g/mol. The maximum atomic E-state index is 3.38. The fourth-order valence-corrected chi connectivity index (χ4v) is 3.51. The van der Waals surface area contributed by atoms with Crippen LogP contribution in [-0.2, 0) is 0 Å². The van der Waals surface area contributed by atoms with E-state index in [0.29, 0.717) is 0 Å². The highest BCUT2D eigenvalue weighted by molar-refractivity contribution is 7.99. The first-order valence-electron chi connectivity index (χ1n) is 6.60. The minimum atomic E-state index is 0.954. The van der Waals surface area contributed by atoms with Gasteiger partial charge in [0.2, 0.25) is 0 Å². The summed E-state index contributed by atoms with van der Waals surface area (Å²) in [5.74, 6) is 4.61. The normalized spacial score (nSPS) is 27.6. The Morgan fingerprint density at radius 3 is 2.53 bits per heavy atom. The van der Waals surface area contributed by atoms with Crippen molar-refractivity contribution in [3.05, 3.63) is 0 Å². The van der Waals surface area contributed by atoms with E-state index in [0.717, 1.165) is 11.8 Å². The van der Waals surface area contributed by atoms with Crippen LogP contribution >= 0.6 is 11.8 Å². The summed E-state index contributed by atoms with van der Waals surface area (Å²) in [6, 6.07) is 0. The van der Waals surface area contributed by atoms with Crippen molar-refractivity contribution in [2.24, 2.45) is 11.8 Å². The van der Waals surface area contributed by atoms with Gasteiger partial charge in [0, 0.05) is 0 Å². The third-order valence-corrected chi connectivity index (χ3v) is 4.55. The van der Waals surface area contributed by atoms with E-state index in [1.165, 1.54) is 56.6 Å². The molecule has 2 heteroatoms.